The topological polar surface area (TPSA) is 47.6 Å². The van der Waals surface area contributed by atoms with Gasteiger partial charge in [-0.05, 0) is 46.4 Å². The summed E-state index contributed by atoms with van der Waals surface area (Å²) in [6, 6.07) is 15.4. The molecule has 0 saturated carbocycles. The predicted molar refractivity (Wildman–Crippen MR) is 94.1 cm³/mol. The third-order valence-corrected chi connectivity index (χ3v) is 3.87. The Morgan fingerprint density at radius 2 is 1.95 bits per heavy atom. The molecule has 0 aliphatic heterocycles. The fourth-order valence-electron chi connectivity index (χ4n) is 1.86. The molecule has 2 aromatic rings. The zero-order chi connectivity index (χ0) is 15.8. The zero-order valence-corrected chi connectivity index (χ0v) is 14.5. The van der Waals surface area contributed by atoms with Crippen molar-refractivity contribution in [3.8, 4) is 5.75 Å². The van der Waals surface area contributed by atoms with Crippen LogP contribution >= 0.6 is 22.6 Å². The Labute approximate surface area is 144 Å². The Morgan fingerprint density at radius 3 is 2.64 bits per heavy atom. The second kappa shape index (κ2) is 8.75. The first-order valence-corrected chi connectivity index (χ1v) is 8.02. The van der Waals surface area contributed by atoms with Gasteiger partial charge in [0.25, 0.3) is 5.91 Å². The van der Waals surface area contributed by atoms with Crippen molar-refractivity contribution < 1.29 is 14.3 Å². The highest BCUT2D eigenvalue weighted by atomic mass is 127. The van der Waals surface area contributed by atoms with Crippen molar-refractivity contribution in [1.82, 2.24) is 5.32 Å². The van der Waals surface area contributed by atoms with Crippen LogP contribution in [0.4, 0.5) is 0 Å². The van der Waals surface area contributed by atoms with Gasteiger partial charge in [-0.3, -0.25) is 4.79 Å². The number of carbonyl (C=O) groups excluding carboxylic acids is 1. The first kappa shape index (κ1) is 16.8. The highest BCUT2D eigenvalue weighted by Crippen LogP contribution is 2.23. The number of carbonyl (C=O) groups is 1. The second-order valence-electron chi connectivity index (χ2n) is 4.67. The summed E-state index contributed by atoms with van der Waals surface area (Å²) in [6.45, 7) is 1.51. The Hall–Kier alpha value is -1.60. The van der Waals surface area contributed by atoms with Gasteiger partial charge in [0.15, 0.2) is 0 Å². The van der Waals surface area contributed by atoms with Crippen molar-refractivity contribution in [1.29, 1.82) is 0 Å². The Morgan fingerprint density at radius 1 is 1.18 bits per heavy atom. The van der Waals surface area contributed by atoms with E-state index < -0.39 is 0 Å². The zero-order valence-electron chi connectivity index (χ0n) is 12.3. The minimum absolute atomic E-state index is 0.107. The molecule has 1 amide bonds. The normalized spacial score (nSPS) is 10.3. The smallest absolute Gasteiger partial charge is 0.251 e. The van der Waals surface area contributed by atoms with E-state index in [2.05, 4.69) is 27.9 Å². The van der Waals surface area contributed by atoms with Gasteiger partial charge in [0.05, 0.1) is 10.2 Å². The van der Waals surface area contributed by atoms with Crippen LogP contribution in [0, 0.1) is 3.57 Å². The van der Waals surface area contributed by atoms with Crippen molar-refractivity contribution in [2.45, 2.75) is 6.61 Å². The van der Waals surface area contributed by atoms with E-state index in [-0.39, 0.29) is 5.91 Å². The van der Waals surface area contributed by atoms with Gasteiger partial charge < -0.3 is 14.8 Å². The summed E-state index contributed by atoms with van der Waals surface area (Å²) >= 11 is 2.18. The Kier molecular flexibility index (Phi) is 6.67. The Bertz CT molecular complexity index is 617. The molecule has 0 radical (unpaired) electrons. The van der Waals surface area contributed by atoms with E-state index in [1.165, 1.54) is 0 Å². The maximum atomic E-state index is 12.0. The van der Waals surface area contributed by atoms with Gasteiger partial charge in [-0.1, -0.05) is 30.3 Å². The molecule has 1 N–H and O–H groups in total. The van der Waals surface area contributed by atoms with Gasteiger partial charge in [-0.2, -0.15) is 0 Å². The summed E-state index contributed by atoms with van der Waals surface area (Å²) in [7, 11) is 1.61. The van der Waals surface area contributed by atoms with Crippen LogP contribution in [0.1, 0.15) is 15.9 Å². The maximum absolute atomic E-state index is 12.0. The molecule has 22 heavy (non-hydrogen) atoms. The van der Waals surface area contributed by atoms with Crippen molar-refractivity contribution >= 4 is 28.5 Å². The van der Waals surface area contributed by atoms with E-state index in [1.54, 1.807) is 13.2 Å². The quantitative estimate of drug-likeness (QED) is 0.562. The van der Waals surface area contributed by atoms with E-state index in [9.17, 15) is 4.79 Å². The lowest BCUT2D eigenvalue weighted by molar-refractivity contribution is 0.0937. The molecule has 2 rings (SSSR count). The van der Waals surface area contributed by atoms with Crippen molar-refractivity contribution in [3.63, 3.8) is 0 Å². The SMILES string of the molecule is COCCNC(=O)c1ccc(OCc2ccccc2)c(I)c1. The third kappa shape index (κ3) is 4.99. The number of hydrogen-bond donors (Lipinski definition) is 1. The maximum Gasteiger partial charge on any atom is 0.251 e. The summed E-state index contributed by atoms with van der Waals surface area (Å²) in [5.41, 5.74) is 1.73. The van der Waals surface area contributed by atoms with Crippen LogP contribution in [0.15, 0.2) is 48.5 Å². The van der Waals surface area contributed by atoms with Crippen molar-refractivity contribution in [3.05, 3.63) is 63.2 Å². The fourth-order valence-corrected chi connectivity index (χ4v) is 2.53. The summed E-state index contributed by atoms with van der Waals surface area (Å²) in [4.78, 5) is 12.0. The summed E-state index contributed by atoms with van der Waals surface area (Å²) in [5.74, 6) is 0.669. The van der Waals surface area contributed by atoms with Crippen LogP contribution in [-0.2, 0) is 11.3 Å². The fraction of sp³-hybridized carbons (Fsp3) is 0.235. The average Bonchev–Trinajstić information content (AvgIpc) is 2.54. The first-order valence-electron chi connectivity index (χ1n) is 6.94. The number of ether oxygens (including phenoxy) is 2. The van der Waals surface area contributed by atoms with Gasteiger partial charge in [0.1, 0.15) is 12.4 Å². The molecule has 0 saturated heterocycles. The van der Waals surface area contributed by atoms with Gasteiger partial charge in [0.2, 0.25) is 0 Å². The highest BCUT2D eigenvalue weighted by Gasteiger charge is 2.09. The van der Waals surface area contributed by atoms with E-state index in [4.69, 9.17) is 9.47 Å². The van der Waals surface area contributed by atoms with E-state index >= 15 is 0 Å². The van der Waals surface area contributed by atoms with Crippen LogP contribution < -0.4 is 10.1 Å². The summed E-state index contributed by atoms with van der Waals surface area (Å²) < 4.78 is 11.6. The van der Waals surface area contributed by atoms with Crippen LogP contribution in [0.25, 0.3) is 0 Å². The molecule has 4 nitrogen and oxygen atoms in total. The first-order chi connectivity index (χ1) is 10.7. The molecule has 0 unspecified atom stereocenters. The van der Waals surface area contributed by atoms with Gasteiger partial charge in [-0.15, -0.1) is 0 Å². The van der Waals surface area contributed by atoms with Gasteiger partial charge in [-0.25, -0.2) is 0 Å². The average molecular weight is 411 g/mol. The number of nitrogens with one attached hydrogen (secondary N) is 1. The molecule has 0 aliphatic rings. The van der Waals surface area contributed by atoms with Crippen molar-refractivity contribution in [2.24, 2.45) is 0 Å². The molecule has 116 valence electrons. The van der Waals surface area contributed by atoms with Crippen LogP contribution in [0.5, 0.6) is 5.75 Å². The van der Waals surface area contributed by atoms with Crippen LogP contribution in [-0.4, -0.2) is 26.2 Å². The second-order valence-corrected chi connectivity index (χ2v) is 5.83. The number of amides is 1. The summed E-state index contributed by atoms with van der Waals surface area (Å²) in [6.07, 6.45) is 0. The molecule has 0 aliphatic carbocycles. The largest absolute Gasteiger partial charge is 0.488 e. The third-order valence-electron chi connectivity index (χ3n) is 3.02. The molecule has 2 aromatic carbocycles. The molecule has 0 atom stereocenters. The van der Waals surface area contributed by atoms with Crippen molar-refractivity contribution in [2.75, 3.05) is 20.3 Å². The summed E-state index contributed by atoms with van der Waals surface area (Å²) in [5, 5.41) is 2.80. The lowest BCUT2D eigenvalue weighted by Gasteiger charge is -2.10. The number of methoxy groups -OCH3 is 1. The lowest BCUT2D eigenvalue weighted by atomic mass is 10.2. The van der Waals surface area contributed by atoms with E-state index in [0.29, 0.717) is 25.3 Å². The Balaban J connectivity index is 1.96. The molecular weight excluding hydrogens is 393 g/mol. The minimum atomic E-state index is -0.107. The van der Waals surface area contributed by atoms with Gasteiger partial charge in [0, 0.05) is 19.2 Å². The number of hydrogen-bond acceptors (Lipinski definition) is 3. The molecule has 5 heteroatoms. The highest BCUT2D eigenvalue weighted by molar-refractivity contribution is 14.1. The predicted octanol–water partition coefficient (Wildman–Crippen LogP) is 3.25. The number of halogens is 1. The number of benzene rings is 2. The molecule has 0 bridgehead atoms. The minimum Gasteiger partial charge on any atom is -0.488 e. The van der Waals surface area contributed by atoms with Gasteiger partial charge >= 0.3 is 0 Å². The van der Waals surface area contributed by atoms with E-state index in [1.807, 2.05) is 42.5 Å². The molecule has 0 spiro atoms. The molecule has 0 aromatic heterocycles. The monoisotopic (exact) mass is 411 g/mol. The molecule has 0 heterocycles. The van der Waals surface area contributed by atoms with Crippen LogP contribution in [0.2, 0.25) is 0 Å². The van der Waals surface area contributed by atoms with E-state index in [0.717, 1.165) is 14.9 Å². The molecule has 0 fully saturated rings. The van der Waals surface area contributed by atoms with Crippen LogP contribution in [0.3, 0.4) is 0 Å². The number of rotatable bonds is 7. The lowest BCUT2D eigenvalue weighted by Crippen LogP contribution is -2.26. The standard InChI is InChI=1S/C17H18INO3/c1-21-10-9-19-17(20)14-7-8-16(15(18)11-14)22-12-13-5-3-2-4-6-13/h2-8,11H,9-10,12H2,1H3,(H,19,20). The molecular formula is C17H18INO3.